The van der Waals surface area contributed by atoms with Crippen LogP contribution in [0.25, 0.3) is 0 Å². The first-order valence-corrected chi connectivity index (χ1v) is 4.24. The number of nitrogens with two attached hydrogens (primary N) is 1. The Balaban J connectivity index is 2.17. The summed E-state index contributed by atoms with van der Waals surface area (Å²) in [5.74, 6) is -1.09. The second kappa shape index (κ2) is 2.20. The average molecular weight is 173 g/mol. The molecule has 4 nitrogen and oxygen atoms in total. The largest absolute Gasteiger partial charge is 0.371 e. The van der Waals surface area contributed by atoms with Crippen LogP contribution in [0.15, 0.2) is 0 Å². The monoisotopic (exact) mass is 173 g/mol. The molecule has 2 fully saturated rings. The quantitative estimate of drug-likeness (QED) is 0.523. The molecular weight excluding hydrogens is 158 g/mol. The van der Waals surface area contributed by atoms with Crippen molar-refractivity contribution in [1.82, 2.24) is 0 Å². The zero-order valence-electron chi connectivity index (χ0n) is 7.41. The maximum atomic E-state index is 9.67. The number of ether oxygens (including phenoxy) is 2. The summed E-state index contributed by atoms with van der Waals surface area (Å²) in [5, 5.41) is 9.67. The topological polar surface area (TPSA) is 64.7 Å². The molecule has 0 amide bonds. The molecule has 0 spiro atoms. The third kappa shape index (κ3) is 1.07. The highest BCUT2D eigenvalue weighted by atomic mass is 16.7. The highest BCUT2D eigenvalue weighted by molar-refractivity contribution is 5.07. The molecule has 0 saturated carbocycles. The van der Waals surface area contributed by atoms with E-state index < -0.39 is 5.79 Å². The van der Waals surface area contributed by atoms with Crippen molar-refractivity contribution in [3.05, 3.63) is 0 Å². The Morgan fingerprint density at radius 3 is 2.67 bits per heavy atom. The summed E-state index contributed by atoms with van der Waals surface area (Å²) in [7, 11) is 0. The molecule has 4 unspecified atom stereocenters. The van der Waals surface area contributed by atoms with Crippen LogP contribution < -0.4 is 5.73 Å². The number of fused-ring (bicyclic) bond motifs is 1. The van der Waals surface area contributed by atoms with Crippen molar-refractivity contribution < 1.29 is 14.6 Å². The molecule has 4 heteroatoms. The minimum atomic E-state index is -1.09. The molecule has 2 rings (SSSR count). The van der Waals surface area contributed by atoms with Crippen molar-refractivity contribution >= 4 is 0 Å². The Bertz CT molecular complexity index is 206. The van der Waals surface area contributed by atoms with E-state index in [1.807, 2.05) is 6.92 Å². The molecule has 2 aliphatic rings. The van der Waals surface area contributed by atoms with Gasteiger partial charge >= 0.3 is 0 Å². The van der Waals surface area contributed by atoms with Crippen LogP contribution >= 0.6 is 0 Å². The predicted octanol–water partition coefficient (Wildman–Crippen LogP) is -0.400. The van der Waals surface area contributed by atoms with Gasteiger partial charge in [-0.15, -0.1) is 0 Å². The number of aliphatic hydroxyl groups is 1. The molecule has 0 radical (unpaired) electrons. The molecule has 12 heavy (non-hydrogen) atoms. The Morgan fingerprint density at radius 1 is 1.58 bits per heavy atom. The van der Waals surface area contributed by atoms with Crippen LogP contribution in [0.1, 0.15) is 20.3 Å². The predicted molar refractivity (Wildman–Crippen MR) is 42.4 cm³/mol. The summed E-state index contributed by atoms with van der Waals surface area (Å²) in [6, 6.07) is 0. The highest BCUT2D eigenvalue weighted by Gasteiger charge is 2.56. The SMILES string of the molecule is CC1OC(C)(O)CC2(N)COC12. The van der Waals surface area contributed by atoms with E-state index in [-0.39, 0.29) is 17.7 Å². The molecule has 0 aliphatic carbocycles. The van der Waals surface area contributed by atoms with Gasteiger partial charge in [-0.05, 0) is 13.8 Å². The lowest BCUT2D eigenvalue weighted by atomic mass is 9.78. The van der Waals surface area contributed by atoms with Gasteiger partial charge in [-0.3, -0.25) is 0 Å². The normalized spacial score (nSPS) is 59.0. The molecule has 2 heterocycles. The first kappa shape index (κ1) is 8.44. The minimum Gasteiger partial charge on any atom is -0.371 e. The van der Waals surface area contributed by atoms with Crippen molar-refractivity contribution in [1.29, 1.82) is 0 Å². The van der Waals surface area contributed by atoms with Crippen molar-refractivity contribution in [3.8, 4) is 0 Å². The summed E-state index contributed by atoms with van der Waals surface area (Å²) < 4.78 is 10.6. The van der Waals surface area contributed by atoms with E-state index in [2.05, 4.69) is 0 Å². The van der Waals surface area contributed by atoms with Crippen molar-refractivity contribution in [2.24, 2.45) is 5.73 Å². The van der Waals surface area contributed by atoms with Gasteiger partial charge in [0, 0.05) is 6.42 Å². The Labute approximate surface area is 71.6 Å². The number of hydrogen-bond acceptors (Lipinski definition) is 4. The van der Waals surface area contributed by atoms with E-state index in [9.17, 15) is 5.11 Å². The molecule has 2 saturated heterocycles. The zero-order chi connectivity index (χ0) is 8.98. The lowest BCUT2D eigenvalue weighted by Gasteiger charge is -2.56. The van der Waals surface area contributed by atoms with Crippen LogP contribution in [0.2, 0.25) is 0 Å². The lowest BCUT2D eigenvalue weighted by Crippen LogP contribution is -2.74. The van der Waals surface area contributed by atoms with E-state index in [0.717, 1.165) is 0 Å². The summed E-state index contributed by atoms with van der Waals surface area (Å²) in [4.78, 5) is 0. The molecule has 3 N–H and O–H groups in total. The standard InChI is InChI=1S/C8H15NO3/c1-5-6-8(9,4-11-6)3-7(2,10)12-5/h5-6,10H,3-4,9H2,1-2H3. The fraction of sp³-hybridized carbons (Fsp3) is 1.00. The minimum absolute atomic E-state index is 0.0438. The first-order chi connectivity index (χ1) is 5.43. The second-order valence-electron chi connectivity index (χ2n) is 4.14. The van der Waals surface area contributed by atoms with Gasteiger partial charge in [-0.1, -0.05) is 0 Å². The lowest BCUT2D eigenvalue weighted by molar-refractivity contribution is -0.328. The summed E-state index contributed by atoms with van der Waals surface area (Å²) in [6.45, 7) is 4.05. The van der Waals surface area contributed by atoms with Gasteiger partial charge in [0.2, 0.25) is 0 Å². The van der Waals surface area contributed by atoms with Gasteiger partial charge in [0.05, 0.1) is 18.2 Å². The molecule has 0 bridgehead atoms. The van der Waals surface area contributed by atoms with Crippen LogP contribution in [0.5, 0.6) is 0 Å². The maximum absolute atomic E-state index is 9.67. The number of hydrogen-bond donors (Lipinski definition) is 2. The van der Waals surface area contributed by atoms with Gasteiger partial charge in [0.25, 0.3) is 0 Å². The highest BCUT2D eigenvalue weighted by Crippen LogP contribution is 2.40. The molecular formula is C8H15NO3. The third-order valence-electron chi connectivity index (χ3n) is 2.62. The van der Waals surface area contributed by atoms with Crippen molar-refractivity contribution in [3.63, 3.8) is 0 Å². The molecule has 70 valence electrons. The summed E-state index contributed by atoms with van der Waals surface area (Å²) >= 11 is 0. The van der Waals surface area contributed by atoms with Crippen LogP contribution in [0.3, 0.4) is 0 Å². The summed E-state index contributed by atoms with van der Waals surface area (Å²) in [5.41, 5.74) is 5.64. The third-order valence-corrected chi connectivity index (χ3v) is 2.62. The average Bonchev–Trinajstić information content (AvgIpc) is 1.79. The smallest absolute Gasteiger partial charge is 0.165 e. The van der Waals surface area contributed by atoms with E-state index in [0.29, 0.717) is 13.0 Å². The van der Waals surface area contributed by atoms with Crippen LogP contribution in [0.4, 0.5) is 0 Å². The zero-order valence-corrected chi connectivity index (χ0v) is 7.41. The van der Waals surface area contributed by atoms with E-state index in [1.54, 1.807) is 6.92 Å². The summed E-state index contributed by atoms with van der Waals surface area (Å²) in [6.07, 6.45) is 0.292. The van der Waals surface area contributed by atoms with Gasteiger partial charge in [-0.25, -0.2) is 0 Å². The fourth-order valence-corrected chi connectivity index (χ4v) is 2.26. The Kier molecular flexibility index (Phi) is 1.55. The van der Waals surface area contributed by atoms with E-state index >= 15 is 0 Å². The van der Waals surface area contributed by atoms with Crippen LogP contribution in [0, 0.1) is 0 Å². The van der Waals surface area contributed by atoms with Gasteiger partial charge < -0.3 is 20.3 Å². The molecule has 0 aromatic rings. The van der Waals surface area contributed by atoms with E-state index in [1.165, 1.54) is 0 Å². The van der Waals surface area contributed by atoms with Gasteiger partial charge in [0.15, 0.2) is 5.79 Å². The van der Waals surface area contributed by atoms with Gasteiger partial charge in [0.1, 0.15) is 6.10 Å². The van der Waals surface area contributed by atoms with Crippen molar-refractivity contribution in [2.75, 3.05) is 6.61 Å². The Morgan fingerprint density at radius 2 is 2.25 bits per heavy atom. The molecule has 0 aromatic carbocycles. The van der Waals surface area contributed by atoms with E-state index in [4.69, 9.17) is 15.2 Å². The number of rotatable bonds is 0. The Hall–Kier alpha value is -0.160. The van der Waals surface area contributed by atoms with Gasteiger partial charge in [-0.2, -0.15) is 0 Å². The fourth-order valence-electron chi connectivity index (χ4n) is 2.26. The maximum Gasteiger partial charge on any atom is 0.165 e. The molecule has 2 aliphatic heterocycles. The first-order valence-electron chi connectivity index (χ1n) is 4.24. The van der Waals surface area contributed by atoms with Crippen LogP contribution in [-0.4, -0.2) is 35.2 Å². The molecule has 4 atom stereocenters. The van der Waals surface area contributed by atoms with Crippen molar-refractivity contribution in [2.45, 2.75) is 43.8 Å². The molecule has 0 aromatic heterocycles. The van der Waals surface area contributed by atoms with Crippen LogP contribution in [-0.2, 0) is 9.47 Å². The second-order valence-corrected chi connectivity index (χ2v) is 4.14.